The van der Waals surface area contributed by atoms with Crippen molar-refractivity contribution in [3.8, 4) is 0 Å². The quantitative estimate of drug-likeness (QED) is 0.716. The lowest BCUT2D eigenvalue weighted by atomic mass is 9.93. The molecule has 6 nitrogen and oxygen atoms in total. The number of pyridine rings is 1. The Kier molecular flexibility index (Phi) is 3.65. The summed E-state index contributed by atoms with van der Waals surface area (Å²) in [6.07, 6.45) is 2.17. The van der Waals surface area contributed by atoms with Crippen molar-refractivity contribution in [3.63, 3.8) is 0 Å². The summed E-state index contributed by atoms with van der Waals surface area (Å²) in [5, 5.41) is 7.54. The summed E-state index contributed by atoms with van der Waals surface area (Å²) in [6, 6.07) is 4.19. The second-order valence-electron chi connectivity index (χ2n) is 7.31. The standard InChI is InChI=1S/C17H23N5OS/c1-17(2,3)14-11-24-16(18-14)13-10-21(7-8-23-13)12-5-6-15-19-20(4)22(15)9-12/h5-6,9,11,13H,7-8,10H2,1-4H3. The molecule has 1 saturated heterocycles. The number of aryl methyl sites for hydroxylation is 1. The highest BCUT2D eigenvalue weighted by atomic mass is 32.1. The Labute approximate surface area is 145 Å². The van der Waals surface area contributed by atoms with E-state index in [4.69, 9.17) is 9.72 Å². The van der Waals surface area contributed by atoms with Crippen LogP contribution in [-0.2, 0) is 17.2 Å². The molecule has 4 heterocycles. The maximum Gasteiger partial charge on any atom is 0.174 e. The minimum atomic E-state index is 0.0401. The number of hydrogen-bond donors (Lipinski definition) is 0. The van der Waals surface area contributed by atoms with Crippen LogP contribution >= 0.6 is 11.3 Å². The zero-order chi connectivity index (χ0) is 16.9. The average molecular weight is 345 g/mol. The van der Waals surface area contributed by atoms with E-state index >= 15 is 0 Å². The second kappa shape index (κ2) is 5.60. The van der Waals surface area contributed by atoms with E-state index in [0.29, 0.717) is 0 Å². The largest absolute Gasteiger partial charge is 0.367 e. The van der Waals surface area contributed by atoms with Gasteiger partial charge in [-0.25, -0.2) is 14.3 Å². The van der Waals surface area contributed by atoms with Crippen molar-refractivity contribution in [1.82, 2.24) is 19.4 Å². The Bertz CT molecular complexity index is 856. The van der Waals surface area contributed by atoms with Gasteiger partial charge in [0.15, 0.2) is 5.65 Å². The lowest BCUT2D eigenvalue weighted by molar-refractivity contribution is 0.0394. The minimum Gasteiger partial charge on any atom is -0.367 e. The molecule has 1 fully saturated rings. The van der Waals surface area contributed by atoms with Crippen LogP contribution in [0.3, 0.4) is 0 Å². The number of hydrogen-bond acceptors (Lipinski definition) is 5. The lowest BCUT2D eigenvalue weighted by Crippen LogP contribution is -2.38. The first-order chi connectivity index (χ1) is 11.4. The third-order valence-corrected chi connectivity index (χ3v) is 5.39. The summed E-state index contributed by atoms with van der Waals surface area (Å²) < 4.78 is 8.06. The molecule has 1 atom stereocenters. The van der Waals surface area contributed by atoms with Crippen molar-refractivity contribution in [1.29, 1.82) is 0 Å². The van der Waals surface area contributed by atoms with Crippen LogP contribution in [0, 0.1) is 0 Å². The van der Waals surface area contributed by atoms with Gasteiger partial charge in [0.2, 0.25) is 0 Å². The van der Waals surface area contributed by atoms with E-state index in [1.807, 2.05) is 11.8 Å². The summed E-state index contributed by atoms with van der Waals surface area (Å²) in [5.74, 6) is 0. The molecule has 7 heteroatoms. The number of aromatic nitrogens is 4. The van der Waals surface area contributed by atoms with Gasteiger partial charge in [0.05, 0.1) is 30.7 Å². The molecule has 1 unspecified atom stereocenters. The Balaban J connectivity index is 1.55. The summed E-state index contributed by atoms with van der Waals surface area (Å²) in [6.45, 7) is 9.03. The van der Waals surface area contributed by atoms with E-state index in [0.717, 1.165) is 36.0 Å². The van der Waals surface area contributed by atoms with Crippen LogP contribution in [-0.4, -0.2) is 39.1 Å². The fourth-order valence-electron chi connectivity index (χ4n) is 2.94. The van der Waals surface area contributed by atoms with E-state index < -0.39 is 0 Å². The molecule has 1 aliphatic rings. The summed E-state index contributed by atoms with van der Waals surface area (Å²) >= 11 is 1.71. The van der Waals surface area contributed by atoms with Crippen LogP contribution in [0.4, 0.5) is 5.69 Å². The fraction of sp³-hybridized carbons (Fsp3) is 0.529. The summed E-state index contributed by atoms with van der Waals surface area (Å²) in [5.41, 5.74) is 3.40. The van der Waals surface area contributed by atoms with Crippen LogP contribution in [0.15, 0.2) is 23.7 Å². The molecule has 0 radical (unpaired) electrons. The first-order valence-electron chi connectivity index (χ1n) is 8.26. The van der Waals surface area contributed by atoms with Crippen molar-refractivity contribution < 1.29 is 4.74 Å². The highest BCUT2D eigenvalue weighted by Crippen LogP contribution is 2.31. The van der Waals surface area contributed by atoms with Gasteiger partial charge < -0.3 is 9.64 Å². The molecular formula is C17H23N5OS. The first kappa shape index (κ1) is 15.7. The third kappa shape index (κ3) is 2.71. The number of rotatable bonds is 2. The number of morpholine rings is 1. The van der Waals surface area contributed by atoms with E-state index in [-0.39, 0.29) is 11.5 Å². The molecular weight excluding hydrogens is 322 g/mol. The maximum atomic E-state index is 6.00. The van der Waals surface area contributed by atoms with Gasteiger partial charge in [0, 0.05) is 24.4 Å². The van der Waals surface area contributed by atoms with E-state index in [9.17, 15) is 0 Å². The topological polar surface area (TPSA) is 47.6 Å². The zero-order valence-electron chi connectivity index (χ0n) is 14.6. The van der Waals surface area contributed by atoms with Gasteiger partial charge in [-0.1, -0.05) is 20.8 Å². The average Bonchev–Trinajstić information content (AvgIpc) is 3.04. The molecule has 0 amide bonds. The highest BCUT2D eigenvalue weighted by Gasteiger charge is 2.27. The van der Waals surface area contributed by atoms with E-state index in [2.05, 4.69) is 59.0 Å². The van der Waals surface area contributed by atoms with Gasteiger partial charge in [0.25, 0.3) is 0 Å². The van der Waals surface area contributed by atoms with Crippen LogP contribution in [0.1, 0.15) is 37.6 Å². The predicted octanol–water partition coefficient (Wildman–Crippen LogP) is 3.00. The number of fused-ring (bicyclic) bond motifs is 1. The molecule has 0 saturated carbocycles. The van der Waals surface area contributed by atoms with Gasteiger partial charge in [0.1, 0.15) is 11.1 Å². The van der Waals surface area contributed by atoms with Crippen LogP contribution in [0.25, 0.3) is 5.65 Å². The number of nitrogens with zero attached hydrogens (tertiary/aromatic N) is 5. The van der Waals surface area contributed by atoms with Gasteiger partial charge in [-0.15, -0.1) is 16.4 Å². The fourth-order valence-corrected chi connectivity index (χ4v) is 4.02. The first-order valence-corrected chi connectivity index (χ1v) is 9.13. The normalized spacial score (nSPS) is 19.3. The molecule has 4 rings (SSSR count). The Morgan fingerprint density at radius 3 is 2.83 bits per heavy atom. The summed E-state index contributed by atoms with van der Waals surface area (Å²) in [4.78, 5) is 9.03. The van der Waals surface area contributed by atoms with Crippen molar-refractivity contribution in [2.45, 2.75) is 32.3 Å². The minimum absolute atomic E-state index is 0.0401. The molecule has 0 N–H and O–H groups in total. The smallest absolute Gasteiger partial charge is 0.174 e. The predicted molar refractivity (Wildman–Crippen MR) is 95.9 cm³/mol. The van der Waals surface area contributed by atoms with E-state index in [1.54, 1.807) is 11.3 Å². The molecule has 0 spiro atoms. The Morgan fingerprint density at radius 2 is 2.12 bits per heavy atom. The lowest BCUT2D eigenvalue weighted by Gasteiger charge is -2.34. The van der Waals surface area contributed by atoms with Crippen molar-refractivity contribution >= 4 is 22.7 Å². The van der Waals surface area contributed by atoms with Crippen LogP contribution in [0.2, 0.25) is 0 Å². The third-order valence-electron chi connectivity index (χ3n) is 4.45. The van der Waals surface area contributed by atoms with Gasteiger partial charge in [-0.05, 0) is 12.1 Å². The molecule has 24 heavy (non-hydrogen) atoms. The van der Waals surface area contributed by atoms with Crippen LogP contribution in [0.5, 0.6) is 0 Å². The zero-order valence-corrected chi connectivity index (χ0v) is 15.4. The molecule has 0 bridgehead atoms. The number of anilines is 1. The number of thiazole rings is 1. The van der Waals surface area contributed by atoms with Gasteiger partial charge >= 0.3 is 0 Å². The van der Waals surface area contributed by atoms with Gasteiger partial charge in [-0.2, -0.15) is 0 Å². The molecule has 3 aromatic heterocycles. The highest BCUT2D eigenvalue weighted by molar-refractivity contribution is 7.09. The molecule has 128 valence electrons. The van der Waals surface area contributed by atoms with Crippen LogP contribution < -0.4 is 4.90 Å². The SMILES string of the molecule is Cn1nc2ccc(N3CCOC(c4nc(C(C)(C)C)cs4)C3)cn21. The molecule has 0 aliphatic carbocycles. The number of ether oxygens (including phenoxy) is 1. The van der Waals surface area contributed by atoms with Crippen molar-refractivity contribution in [3.05, 3.63) is 34.4 Å². The monoisotopic (exact) mass is 345 g/mol. The molecule has 1 aliphatic heterocycles. The van der Waals surface area contributed by atoms with Crippen molar-refractivity contribution in [2.75, 3.05) is 24.6 Å². The summed E-state index contributed by atoms with van der Waals surface area (Å²) in [7, 11) is 1.95. The second-order valence-corrected chi connectivity index (χ2v) is 8.20. The van der Waals surface area contributed by atoms with Crippen molar-refractivity contribution in [2.24, 2.45) is 7.05 Å². The molecule has 0 aromatic carbocycles. The Hall–Kier alpha value is -1.86. The maximum absolute atomic E-state index is 6.00. The molecule has 3 aromatic rings. The van der Waals surface area contributed by atoms with Gasteiger partial charge in [-0.3, -0.25) is 0 Å². The van der Waals surface area contributed by atoms with E-state index in [1.165, 1.54) is 5.69 Å². The Morgan fingerprint density at radius 1 is 1.29 bits per heavy atom.